The Kier molecular flexibility index (Phi) is 4.88. The average molecular weight is 392 g/mol. The number of carbonyl (C=O) groups excluding carboxylic acids is 2. The number of nitrogens with one attached hydrogen (secondary N) is 1. The van der Waals surface area contributed by atoms with Crippen molar-refractivity contribution in [3.05, 3.63) is 82.0 Å². The number of hydrogen-bond acceptors (Lipinski definition) is 4. The first kappa shape index (κ1) is 18.3. The lowest BCUT2D eigenvalue weighted by Gasteiger charge is -2.39. The molecule has 0 saturated heterocycles. The van der Waals surface area contributed by atoms with E-state index in [9.17, 15) is 9.59 Å². The Hall–Kier alpha value is -3.12. The van der Waals surface area contributed by atoms with E-state index in [2.05, 4.69) is 5.32 Å². The second-order valence-electron chi connectivity index (χ2n) is 6.66. The molecule has 3 aromatic rings. The molecule has 0 bridgehead atoms. The zero-order valence-corrected chi connectivity index (χ0v) is 16.4. The van der Waals surface area contributed by atoms with Gasteiger partial charge < -0.3 is 15.0 Å². The van der Waals surface area contributed by atoms with E-state index in [1.807, 2.05) is 53.9 Å². The number of nitrogens with zero attached hydrogens (tertiary/aromatic N) is 1. The molecule has 1 N–H and O–H groups in total. The van der Waals surface area contributed by atoms with E-state index in [4.69, 9.17) is 4.74 Å². The maximum Gasteiger partial charge on any atom is 0.254 e. The summed E-state index contributed by atoms with van der Waals surface area (Å²) in [5.74, 6) is -0.0643. The second-order valence-corrected chi connectivity index (χ2v) is 7.64. The molecule has 2 heterocycles. The van der Waals surface area contributed by atoms with Gasteiger partial charge in [-0.05, 0) is 35.2 Å². The van der Waals surface area contributed by atoms with Gasteiger partial charge in [0, 0.05) is 29.2 Å². The summed E-state index contributed by atoms with van der Waals surface area (Å²) in [5.41, 5.74) is 1.99. The zero-order chi connectivity index (χ0) is 19.7. The molecule has 0 saturated carbocycles. The molecule has 4 rings (SSSR count). The Morgan fingerprint density at radius 2 is 1.93 bits per heavy atom. The summed E-state index contributed by atoms with van der Waals surface area (Å²) in [6, 6.07) is 18.2. The lowest BCUT2D eigenvalue weighted by molar-refractivity contribution is -0.119. The van der Waals surface area contributed by atoms with E-state index in [0.29, 0.717) is 17.0 Å². The summed E-state index contributed by atoms with van der Waals surface area (Å²) in [7, 11) is 3.35. The second kappa shape index (κ2) is 7.48. The molecule has 0 spiro atoms. The van der Waals surface area contributed by atoms with Gasteiger partial charge in [0.05, 0.1) is 19.1 Å². The van der Waals surface area contributed by atoms with Crippen molar-refractivity contribution in [3.63, 3.8) is 0 Å². The normalized spacial score (nSPS) is 18.5. The van der Waals surface area contributed by atoms with Crippen molar-refractivity contribution in [3.8, 4) is 5.75 Å². The summed E-state index contributed by atoms with van der Waals surface area (Å²) in [5, 5.41) is 4.97. The molecule has 2 amide bonds. The van der Waals surface area contributed by atoms with Crippen LogP contribution in [0.15, 0.2) is 66.0 Å². The van der Waals surface area contributed by atoms with E-state index in [1.54, 1.807) is 42.5 Å². The van der Waals surface area contributed by atoms with Gasteiger partial charge in [0.15, 0.2) is 0 Å². The van der Waals surface area contributed by atoms with Crippen LogP contribution in [0.25, 0.3) is 0 Å². The van der Waals surface area contributed by atoms with Gasteiger partial charge >= 0.3 is 0 Å². The van der Waals surface area contributed by atoms with Crippen LogP contribution in [-0.2, 0) is 4.79 Å². The SMILES string of the molecule is COc1cccc(NC(=O)[C@@H]2c3ccccc3C(=O)N(C)[C@H]2c2cccs2)c1. The predicted octanol–water partition coefficient (Wildman–Crippen LogP) is 4.31. The molecule has 6 heteroatoms. The molecule has 2 atom stereocenters. The van der Waals surface area contributed by atoms with E-state index < -0.39 is 5.92 Å². The predicted molar refractivity (Wildman–Crippen MR) is 110 cm³/mol. The highest BCUT2D eigenvalue weighted by Crippen LogP contribution is 2.43. The molecular weight excluding hydrogens is 372 g/mol. The lowest BCUT2D eigenvalue weighted by Crippen LogP contribution is -2.43. The Balaban J connectivity index is 1.77. The third-order valence-corrected chi connectivity index (χ3v) is 5.98. The monoisotopic (exact) mass is 392 g/mol. The van der Waals surface area contributed by atoms with Crippen molar-refractivity contribution >= 4 is 28.8 Å². The summed E-state index contributed by atoms with van der Waals surface area (Å²) in [4.78, 5) is 29.0. The van der Waals surface area contributed by atoms with Gasteiger partial charge in [0.25, 0.3) is 5.91 Å². The first-order valence-corrected chi connectivity index (χ1v) is 9.82. The Morgan fingerprint density at radius 3 is 2.68 bits per heavy atom. The number of hydrogen-bond donors (Lipinski definition) is 1. The van der Waals surface area contributed by atoms with Crippen LogP contribution in [0.1, 0.15) is 32.8 Å². The van der Waals surface area contributed by atoms with Crippen molar-refractivity contribution in [2.45, 2.75) is 12.0 Å². The molecular formula is C22H20N2O3S. The minimum Gasteiger partial charge on any atom is -0.497 e. The fourth-order valence-electron chi connectivity index (χ4n) is 3.69. The standard InChI is InChI=1S/C22H20N2O3S/c1-24-20(18-11-6-12-28-18)19(16-9-3-4-10-17(16)22(24)26)21(25)23-14-7-5-8-15(13-14)27-2/h3-13,19-20H,1-2H3,(H,23,25)/t19-,20+/m1/s1. The molecule has 2 aromatic carbocycles. The fraction of sp³-hybridized carbons (Fsp3) is 0.182. The first-order chi connectivity index (χ1) is 13.6. The average Bonchev–Trinajstić information content (AvgIpc) is 3.25. The molecule has 0 aliphatic carbocycles. The van der Waals surface area contributed by atoms with Crippen LogP contribution in [0.3, 0.4) is 0 Å². The van der Waals surface area contributed by atoms with Gasteiger partial charge in [-0.25, -0.2) is 0 Å². The fourth-order valence-corrected chi connectivity index (χ4v) is 4.60. The minimum absolute atomic E-state index is 0.0700. The maximum absolute atomic E-state index is 13.4. The quantitative estimate of drug-likeness (QED) is 0.720. The largest absolute Gasteiger partial charge is 0.497 e. The molecule has 0 radical (unpaired) electrons. The highest BCUT2D eigenvalue weighted by atomic mass is 32.1. The van der Waals surface area contributed by atoms with Crippen LogP contribution in [0, 0.1) is 0 Å². The number of ether oxygens (including phenoxy) is 1. The molecule has 0 fully saturated rings. The van der Waals surface area contributed by atoms with Crippen LogP contribution >= 0.6 is 11.3 Å². The lowest BCUT2D eigenvalue weighted by atomic mass is 9.81. The topological polar surface area (TPSA) is 58.6 Å². The van der Waals surface area contributed by atoms with E-state index >= 15 is 0 Å². The number of benzene rings is 2. The van der Waals surface area contributed by atoms with E-state index in [-0.39, 0.29) is 17.9 Å². The minimum atomic E-state index is -0.510. The smallest absolute Gasteiger partial charge is 0.254 e. The number of methoxy groups -OCH3 is 1. The highest BCUT2D eigenvalue weighted by Gasteiger charge is 2.43. The summed E-state index contributed by atoms with van der Waals surface area (Å²) >= 11 is 1.55. The van der Waals surface area contributed by atoms with E-state index in [0.717, 1.165) is 10.4 Å². The number of amides is 2. The van der Waals surface area contributed by atoms with Gasteiger partial charge in [0.2, 0.25) is 5.91 Å². The first-order valence-electron chi connectivity index (χ1n) is 8.94. The van der Waals surface area contributed by atoms with Crippen molar-refractivity contribution in [2.75, 3.05) is 19.5 Å². The number of rotatable bonds is 4. The highest BCUT2D eigenvalue weighted by molar-refractivity contribution is 7.10. The zero-order valence-electron chi connectivity index (χ0n) is 15.6. The third-order valence-electron chi connectivity index (χ3n) is 5.03. The molecule has 142 valence electrons. The molecule has 1 aromatic heterocycles. The van der Waals surface area contributed by atoms with Gasteiger partial charge in [-0.1, -0.05) is 30.3 Å². The van der Waals surface area contributed by atoms with Crippen LogP contribution in [-0.4, -0.2) is 30.9 Å². The Bertz CT molecular complexity index is 1020. The van der Waals surface area contributed by atoms with Crippen molar-refractivity contribution in [1.82, 2.24) is 4.90 Å². The summed E-state index contributed by atoms with van der Waals surface area (Å²) in [6.45, 7) is 0. The number of anilines is 1. The molecule has 5 nitrogen and oxygen atoms in total. The van der Waals surface area contributed by atoms with Crippen LogP contribution in [0.5, 0.6) is 5.75 Å². The molecule has 0 unspecified atom stereocenters. The number of thiophene rings is 1. The summed E-state index contributed by atoms with van der Waals surface area (Å²) < 4.78 is 5.25. The van der Waals surface area contributed by atoms with Crippen molar-refractivity contribution in [2.24, 2.45) is 0 Å². The molecule has 1 aliphatic heterocycles. The Labute approximate surface area is 167 Å². The van der Waals surface area contributed by atoms with Gasteiger partial charge in [-0.2, -0.15) is 0 Å². The van der Waals surface area contributed by atoms with Gasteiger partial charge in [-0.15, -0.1) is 11.3 Å². The van der Waals surface area contributed by atoms with Crippen LogP contribution < -0.4 is 10.1 Å². The summed E-state index contributed by atoms with van der Waals surface area (Å²) in [6.07, 6.45) is 0. The molecule has 28 heavy (non-hydrogen) atoms. The van der Waals surface area contributed by atoms with Crippen molar-refractivity contribution in [1.29, 1.82) is 0 Å². The van der Waals surface area contributed by atoms with Crippen molar-refractivity contribution < 1.29 is 14.3 Å². The number of fused-ring (bicyclic) bond motifs is 1. The number of likely N-dealkylation sites (N-methyl/N-ethyl adjacent to an activating group) is 1. The third kappa shape index (κ3) is 3.16. The van der Waals surface area contributed by atoms with Gasteiger partial charge in [0.1, 0.15) is 5.75 Å². The van der Waals surface area contributed by atoms with E-state index in [1.165, 1.54) is 0 Å². The maximum atomic E-state index is 13.4. The Morgan fingerprint density at radius 1 is 1.11 bits per heavy atom. The number of carbonyl (C=O) groups is 2. The van der Waals surface area contributed by atoms with Gasteiger partial charge in [-0.3, -0.25) is 9.59 Å². The van der Waals surface area contributed by atoms with Crippen LogP contribution in [0.4, 0.5) is 5.69 Å². The van der Waals surface area contributed by atoms with Crippen LogP contribution in [0.2, 0.25) is 0 Å². The molecule has 1 aliphatic rings.